The molecule has 2 heterocycles. The van der Waals surface area contributed by atoms with Gasteiger partial charge in [-0.15, -0.1) is 0 Å². The van der Waals surface area contributed by atoms with E-state index in [9.17, 15) is 14.3 Å². The third-order valence-corrected chi connectivity index (χ3v) is 4.81. The van der Waals surface area contributed by atoms with Gasteiger partial charge in [-0.2, -0.15) is 5.10 Å². The van der Waals surface area contributed by atoms with Crippen LogP contribution in [0.15, 0.2) is 36.7 Å². The number of nitrogens with zero attached hydrogens (tertiary/aromatic N) is 3. The van der Waals surface area contributed by atoms with E-state index >= 15 is 0 Å². The zero-order valence-corrected chi connectivity index (χ0v) is 15.4. The molecule has 3 rings (SSSR count). The van der Waals surface area contributed by atoms with Crippen molar-refractivity contribution in [2.24, 2.45) is 0 Å². The maximum Gasteiger partial charge on any atom is 0.256 e. The van der Waals surface area contributed by atoms with Crippen molar-refractivity contribution in [1.82, 2.24) is 20.0 Å². The summed E-state index contributed by atoms with van der Waals surface area (Å²) in [5, 5.41) is 18.1. The maximum absolute atomic E-state index is 14.1. The van der Waals surface area contributed by atoms with E-state index in [4.69, 9.17) is 4.74 Å². The van der Waals surface area contributed by atoms with Crippen LogP contribution in [-0.2, 0) is 17.9 Å². The van der Waals surface area contributed by atoms with Crippen molar-refractivity contribution in [3.05, 3.63) is 48.0 Å². The Balaban J connectivity index is 1.59. The number of ether oxygens (including phenoxy) is 1. The first kappa shape index (κ1) is 19.3. The van der Waals surface area contributed by atoms with Crippen LogP contribution in [0.25, 0.3) is 0 Å². The molecule has 1 unspecified atom stereocenters. The number of amides is 1. The van der Waals surface area contributed by atoms with E-state index in [-0.39, 0.29) is 19.0 Å². The van der Waals surface area contributed by atoms with Gasteiger partial charge in [-0.05, 0) is 37.1 Å². The number of piperidine rings is 1. The van der Waals surface area contributed by atoms with Crippen LogP contribution in [-0.4, -0.2) is 58.0 Å². The Labute approximate surface area is 157 Å². The minimum Gasteiger partial charge on any atom is -0.497 e. The smallest absolute Gasteiger partial charge is 0.256 e. The van der Waals surface area contributed by atoms with Gasteiger partial charge >= 0.3 is 0 Å². The number of carbonyl (C=O) groups is 1. The summed E-state index contributed by atoms with van der Waals surface area (Å²) in [6.07, 6.45) is 4.60. The number of aromatic nitrogens is 2. The summed E-state index contributed by atoms with van der Waals surface area (Å²) in [7, 11) is 1.51. The number of hydrogen-bond acceptors (Lipinski definition) is 5. The average molecular weight is 376 g/mol. The molecule has 0 spiro atoms. The molecule has 146 valence electrons. The zero-order valence-electron chi connectivity index (χ0n) is 15.4. The van der Waals surface area contributed by atoms with Gasteiger partial charge in [0.05, 0.1) is 13.7 Å². The second-order valence-electron chi connectivity index (χ2n) is 6.77. The Bertz CT molecular complexity index is 768. The molecule has 1 aliphatic heterocycles. The number of aliphatic hydroxyl groups is 1. The number of benzene rings is 1. The lowest BCUT2D eigenvalue weighted by atomic mass is 9.91. The molecule has 0 aliphatic carbocycles. The van der Waals surface area contributed by atoms with Crippen molar-refractivity contribution in [2.45, 2.75) is 31.5 Å². The van der Waals surface area contributed by atoms with Gasteiger partial charge in [0.25, 0.3) is 5.91 Å². The molecule has 2 aromatic rings. The topological polar surface area (TPSA) is 79.6 Å². The molecule has 1 aliphatic rings. The molecule has 1 aromatic heterocycles. The first-order chi connectivity index (χ1) is 13.0. The van der Waals surface area contributed by atoms with Crippen LogP contribution in [0.2, 0.25) is 0 Å². The van der Waals surface area contributed by atoms with Crippen LogP contribution >= 0.6 is 0 Å². The molecular formula is C19H25FN4O3. The molecule has 1 aromatic carbocycles. The summed E-state index contributed by atoms with van der Waals surface area (Å²) in [5.74, 6) is -0.232. The van der Waals surface area contributed by atoms with Gasteiger partial charge in [-0.1, -0.05) is 0 Å². The van der Waals surface area contributed by atoms with Crippen molar-refractivity contribution in [3.63, 3.8) is 0 Å². The SMILES string of the molecule is COc1ccc(F)c(CN2CCCC(O)(CNCCn3cccn3)C2=O)c1. The molecule has 7 nitrogen and oxygen atoms in total. The van der Waals surface area contributed by atoms with Crippen molar-refractivity contribution in [2.75, 3.05) is 26.7 Å². The molecule has 8 heteroatoms. The Morgan fingerprint density at radius 1 is 1.44 bits per heavy atom. The first-order valence-corrected chi connectivity index (χ1v) is 9.04. The zero-order chi connectivity index (χ0) is 19.3. The average Bonchev–Trinajstić information content (AvgIpc) is 3.18. The fourth-order valence-electron chi connectivity index (χ4n) is 3.31. The summed E-state index contributed by atoms with van der Waals surface area (Å²) in [5.41, 5.74) is -1.10. The number of carbonyl (C=O) groups excluding carboxylic acids is 1. The minimum atomic E-state index is -1.47. The summed E-state index contributed by atoms with van der Waals surface area (Å²) < 4.78 is 21.0. The summed E-state index contributed by atoms with van der Waals surface area (Å²) in [6, 6.07) is 6.29. The summed E-state index contributed by atoms with van der Waals surface area (Å²) >= 11 is 0. The van der Waals surface area contributed by atoms with Crippen molar-refractivity contribution in [3.8, 4) is 5.75 Å². The number of methoxy groups -OCH3 is 1. The molecule has 0 radical (unpaired) electrons. The first-order valence-electron chi connectivity index (χ1n) is 9.04. The van der Waals surface area contributed by atoms with Crippen molar-refractivity contribution < 1.29 is 19.0 Å². The van der Waals surface area contributed by atoms with Crippen LogP contribution in [0.1, 0.15) is 18.4 Å². The van der Waals surface area contributed by atoms with Crippen LogP contribution in [0.3, 0.4) is 0 Å². The number of halogens is 1. The van der Waals surface area contributed by atoms with Gasteiger partial charge in [0, 0.05) is 44.1 Å². The normalized spacial score (nSPS) is 20.1. The predicted molar refractivity (Wildman–Crippen MR) is 97.6 cm³/mol. The standard InChI is InChI=1S/C19H25FN4O3/c1-27-16-4-5-17(20)15(12-16)13-23-9-2-6-19(26,18(23)25)14-21-8-11-24-10-3-7-22-24/h3-5,7,10,12,21,26H,2,6,8-9,11,13-14H2,1H3. The Morgan fingerprint density at radius 3 is 3.04 bits per heavy atom. The molecule has 0 bridgehead atoms. The van der Waals surface area contributed by atoms with E-state index in [1.54, 1.807) is 16.9 Å². The van der Waals surface area contributed by atoms with Gasteiger partial charge in [0.1, 0.15) is 11.6 Å². The number of nitrogens with one attached hydrogen (secondary N) is 1. The molecule has 27 heavy (non-hydrogen) atoms. The fraction of sp³-hybridized carbons (Fsp3) is 0.474. The van der Waals surface area contributed by atoms with Crippen LogP contribution in [0.5, 0.6) is 5.75 Å². The number of likely N-dealkylation sites (tertiary alicyclic amines) is 1. The molecule has 1 amide bonds. The monoisotopic (exact) mass is 376 g/mol. The lowest BCUT2D eigenvalue weighted by Crippen LogP contribution is -2.57. The van der Waals surface area contributed by atoms with E-state index in [2.05, 4.69) is 10.4 Å². The summed E-state index contributed by atoms with van der Waals surface area (Å²) in [6.45, 7) is 1.99. The largest absolute Gasteiger partial charge is 0.497 e. The van der Waals surface area contributed by atoms with Crippen molar-refractivity contribution in [1.29, 1.82) is 0 Å². The summed E-state index contributed by atoms with van der Waals surface area (Å²) in [4.78, 5) is 14.3. The van der Waals surface area contributed by atoms with Crippen LogP contribution in [0.4, 0.5) is 4.39 Å². The Morgan fingerprint density at radius 2 is 2.30 bits per heavy atom. The number of rotatable bonds is 8. The Kier molecular flexibility index (Phi) is 6.08. The molecule has 1 atom stereocenters. The highest BCUT2D eigenvalue weighted by atomic mass is 19.1. The lowest BCUT2D eigenvalue weighted by Gasteiger charge is -2.38. The van der Waals surface area contributed by atoms with E-state index < -0.39 is 11.4 Å². The molecule has 1 saturated heterocycles. The quantitative estimate of drug-likeness (QED) is 0.677. The Hall–Kier alpha value is -2.45. The lowest BCUT2D eigenvalue weighted by molar-refractivity contribution is -0.157. The maximum atomic E-state index is 14.1. The molecule has 2 N–H and O–H groups in total. The van der Waals surface area contributed by atoms with Gasteiger partial charge in [0.15, 0.2) is 5.60 Å². The molecular weight excluding hydrogens is 351 g/mol. The van der Waals surface area contributed by atoms with Crippen molar-refractivity contribution >= 4 is 5.91 Å². The fourth-order valence-corrected chi connectivity index (χ4v) is 3.31. The highest BCUT2D eigenvalue weighted by molar-refractivity contribution is 5.86. The van der Waals surface area contributed by atoms with E-state index in [0.717, 1.165) is 0 Å². The van der Waals surface area contributed by atoms with Gasteiger partial charge < -0.3 is 20.1 Å². The molecule has 0 saturated carbocycles. The van der Waals surface area contributed by atoms with Crippen LogP contribution < -0.4 is 10.1 Å². The third kappa shape index (κ3) is 4.64. The minimum absolute atomic E-state index is 0.109. The van der Waals surface area contributed by atoms with Crippen LogP contribution in [0, 0.1) is 5.82 Å². The van der Waals surface area contributed by atoms with Gasteiger partial charge in [-0.3, -0.25) is 9.48 Å². The second-order valence-corrected chi connectivity index (χ2v) is 6.77. The van der Waals surface area contributed by atoms with E-state index in [0.29, 0.717) is 43.8 Å². The highest BCUT2D eigenvalue weighted by Crippen LogP contribution is 2.25. The van der Waals surface area contributed by atoms with Gasteiger partial charge in [-0.25, -0.2) is 4.39 Å². The van der Waals surface area contributed by atoms with E-state index in [1.165, 1.54) is 24.1 Å². The second kappa shape index (κ2) is 8.49. The third-order valence-electron chi connectivity index (χ3n) is 4.81. The molecule has 1 fully saturated rings. The van der Waals surface area contributed by atoms with Gasteiger partial charge in [0.2, 0.25) is 0 Å². The van der Waals surface area contributed by atoms with E-state index in [1.807, 2.05) is 12.3 Å². The predicted octanol–water partition coefficient (Wildman–Crippen LogP) is 1.17. The number of hydrogen-bond donors (Lipinski definition) is 2. The highest BCUT2D eigenvalue weighted by Gasteiger charge is 2.41.